The Hall–Kier alpha value is -2.23. The van der Waals surface area contributed by atoms with E-state index in [1.54, 1.807) is 0 Å². The highest BCUT2D eigenvalue weighted by Gasteiger charge is 2.43. The van der Waals surface area contributed by atoms with E-state index in [4.69, 9.17) is 4.74 Å². The maximum atomic E-state index is 12.8. The molecule has 4 heteroatoms. The monoisotopic (exact) mass is 339 g/mol. The molecule has 1 aromatic carbocycles. The number of ketones is 1. The zero-order valence-electron chi connectivity index (χ0n) is 15.0. The predicted octanol–water partition coefficient (Wildman–Crippen LogP) is 4.21. The van der Waals surface area contributed by atoms with Gasteiger partial charge in [-0.25, -0.2) is 4.79 Å². The number of esters is 1. The molecule has 0 bridgehead atoms. The van der Waals surface area contributed by atoms with Gasteiger partial charge in [0.2, 0.25) is 0 Å². The van der Waals surface area contributed by atoms with Gasteiger partial charge in [0.25, 0.3) is 0 Å². The number of ether oxygens (including phenoxy) is 1. The summed E-state index contributed by atoms with van der Waals surface area (Å²) >= 11 is 0. The van der Waals surface area contributed by atoms with Crippen molar-refractivity contribution < 1.29 is 14.3 Å². The first kappa shape index (κ1) is 17.6. The number of carbonyl (C=O) groups is 2. The van der Waals surface area contributed by atoms with Crippen molar-refractivity contribution in [3.05, 3.63) is 47.2 Å². The summed E-state index contributed by atoms with van der Waals surface area (Å²) < 4.78 is 5.48. The molecular formula is C21H25NO3. The van der Waals surface area contributed by atoms with Gasteiger partial charge in [-0.15, -0.1) is 0 Å². The van der Waals surface area contributed by atoms with E-state index in [9.17, 15) is 9.59 Å². The van der Waals surface area contributed by atoms with Crippen molar-refractivity contribution in [1.82, 2.24) is 0 Å². The van der Waals surface area contributed by atoms with Crippen LogP contribution in [0.4, 0.5) is 0 Å². The first-order valence-electron chi connectivity index (χ1n) is 9.16. The molecule has 4 nitrogen and oxygen atoms in total. The van der Waals surface area contributed by atoms with Gasteiger partial charge in [-0.05, 0) is 31.7 Å². The maximum absolute atomic E-state index is 12.8. The summed E-state index contributed by atoms with van der Waals surface area (Å²) in [5.41, 5.74) is 3.15. The molecule has 0 amide bonds. The molecule has 132 valence electrons. The number of allylic oxidation sites excluding steroid dienone is 1. The second kappa shape index (κ2) is 7.77. The van der Waals surface area contributed by atoms with E-state index >= 15 is 0 Å². The number of Topliss-reactive ketones (excluding diaryl/α,β-unsaturated/α-hetero) is 1. The van der Waals surface area contributed by atoms with Crippen LogP contribution in [0.25, 0.3) is 0 Å². The molecule has 1 heterocycles. The summed E-state index contributed by atoms with van der Waals surface area (Å²) in [7, 11) is 0. The van der Waals surface area contributed by atoms with E-state index in [1.807, 2.05) is 37.3 Å². The molecule has 1 aliphatic carbocycles. The third kappa shape index (κ3) is 3.58. The van der Waals surface area contributed by atoms with Crippen molar-refractivity contribution in [2.24, 2.45) is 10.9 Å². The van der Waals surface area contributed by atoms with E-state index in [0.717, 1.165) is 37.0 Å². The Morgan fingerprint density at radius 1 is 1.20 bits per heavy atom. The lowest BCUT2D eigenvalue weighted by molar-refractivity contribution is -0.139. The van der Waals surface area contributed by atoms with Gasteiger partial charge in [-0.1, -0.05) is 43.7 Å². The third-order valence-electron chi connectivity index (χ3n) is 5.02. The van der Waals surface area contributed by atoms with E-state index < -0.39 is 0 Å². The molecular weight excluding hydrogens is 314 g/mol. The van der Waals surface area contributed by atoms with Crippen LogP contribution in [0, 0.1) is 5.92 Å². The molecule has 2 atom stereocenters. The highest BCUT2D eigenvalue weighted by Crippen LogP contribution is 2.42. The second-order valence-electron chi connectivity index (χ2n) is 6.78. The number of hydrogen-bond acceptors (Lipinski definition) is 4. The lowest BCUT2D eigenvalue weighted by Crippen LogP contribution is -2.39. The smallest absolute Gasteiger partial charge is 0.336 e. The zero-order chi connectivity index (χ0) is 17.8. The molecule has 0 spiro atoms. The number of fused-ring (bicyclic) bond motifs is 1. The van der Waals surface area contributed by atoms with Crippen molar-refractivity contribution in [1.29, 1.82) is 0 Å². The topological polar surface area (TPSA) is 55.7 Å². The van der Waals surface area contributed by atoms with Gasteiger partial charge in [-0.3, -0.25) is 9.79 Å². The van der Waals surface area contributed by atoms with Gasteiger partial charge in [0.1, 0.15) is 5.78 Å². The molecule has 0 aromatic heterocycles. The number of nitrogens with zero attached hydrogens (tertiary/aromatic N) is 1. The quantitative estimate of drug-likeness (QED) is 0.596. The van der Waals surface area contributed by atoms with Gasteiger partial charge >= 0.3 is 5.97 Å². The van der Waals surface area contributed by atoms with E-state index in [2.05, 4.69) is 11.9 Å². The van der Waals surface area contributed by atoms with Crippen molar-refractivity contribution >= 4 is 17.5 Å². The number of aliphatic imine (C=N–C) groups is 1. The van der Waals surface area contributed by atoms with Crippen LogP contribution in [0.2, 0.25) is 0 Å². The molecule has 1 saturated carbocycles. The number of unbranched alkanes of at least 4 members (excludes halogenated alkanes) is 1. The predicted molar refractivity (Wildman–Crippen MR) is 97.5 cm³/mol. The van der Waals surface area contributed by atoms with Crippen LogP contribution in [-0.4, -0.2) is 24.1 Å². The van der Waals surface area contributed by atoms with E-state index in [0.29, 0.717) is 24.3 Å². The summed E-state index contributed by atoms with van der Waals surface area (Å²) in [6.07, 6.45) is 4.04. The number of benzene rings is 1. The SMILES string of the molecule is CCCCOC(=O)C1=C(C)N=C2CCCC(=O)[C@@H]2[C@@H]1c1ccccc1. The first-order valence-corrected chi connectivity index (χ1v) is 9.16. The summed E-state index contributed by atoms with van der Waals surface area (Å²) in [4.78, 5) is 30.1. The Bertz CT molecular complexity index is 718. The fourth-order valence-corrected chi connectivity index (χ4v) is 3.79. The van der Waals surface area contributed by atoms with Crippen LogP contribution >= 0.6 is 0 Å². The van der Waals surface area contributed by atoms with E-state index in [1.165, 1.54) is 0 Å². The summed E-state index contributed by atoms with van der Waals surface area (Å²) in [6.45, 7) is 4.32. The fraction of sp³-hybridized carbons (Fsp3) is 0.476. The lowest BCUT2D eigenvalue weighted by atomic mass is 9.69. The third-order valence-corrected chi connectivity index (χ3v) is 5.02. The first-order chi connectivity index (χ1) is 12.1. The molecule has 25 heavy (non-hydrogen) atoms. The number of hydrogen-bond donors (Lipinski definition) is 0. The van der Waals surface area contributed by atoms with Crippen LogP contribution in [0.1, 0.15) is 57.4 Å². The number of rotatable bonds is 5. The Morgan fingerprint density at radius 3 is 2.68 bits per heavy atom. The van der Waals surface area contributed by atoms with E-state index in [-0.39, 0.29) is 23.6 Å². The normalized spacial score (nSPS) is 23.1. The van der Waals surface area contributed by atoms with Crippen molar-refractivity contribution in [3.8, 4) is 0 Å². The minimum Gasteiger partial charge on any atom is -0.462 e. The Balaban J connectivity index is 2.02. The molecule has 1 fully saturated rings. The van der Waals surface area contributed by atoms with Gasteiger partial charge in [0.15, 0.2) is 0 Å². The van der Waals surface area contributed by atoms with Crippen LogP contribution in [0.3, 0.4) is 0 Å². The highest BCUT2D eigenvalue weighted by molar-refractivity contribution is 6.11. The van der Waals surface area contributed by atoms with Gasteiger partial charge in [-0.2, -0.15) is 0 Å². The Labute approximate surface area is 149 Å². The van der Waals surface area contributed by atoms with Crippen LogP contribution in [-0.2, 0) is 14.3 Å². The molecule has 0 unspecified atom stereocenters. The number of carbonyl (C=O) groups excluding carboxylic acids is 2. The van der Waals surface area contributed by atoms with Gasteiger partial charge in [0, 0.05) is 23.7 Å². The van der Waals surface area contributed by atoms with Crippen molar-refractivity contribution in [2.45, 2.75) is 51.9 Å². The summed E-state index contributed by atoms with van der Waals surface area (Å²) in [5.74, 6) is -0.754. The molecule has 0 N–H and O–H groups in total. The zero-order valence-corrected chi connectivity index (χ0v) is 15.0. The van der Waals surface area contributed by atoms with Crippen LogP contribution < -0.4 is 0 Å². The fourth-order valence-electron chi connectivity index (χ4n) is 3.79. The van der Waals surface area contributed by atoms with Crippen LogP contribution in [0.15, 0.2) is 46.6 Å². The average molecular weight is 339 g/mol. The molecule has 1 aromatic rings. The second-order valence-corrected chi connectivity index (χ2v) is 6.78. The molecule has 1 aliphatic heterocycles. The molecule has 2 aliphatic rings. The Morgan fingerprint density at radius 2 is 1.96 bits per heavy atom. The molecule has 0 saturated heterocycles. The average Bonchev–Trinajstić information content (AvgIpc) is 2.61. The summed E-state index contributed by atoms with van der Waals surface area (Å²) in [5, 5.41) is 0. The highest BCUT2D eigenvalue weighted by atomic mass is 16.5. The molecule has 0 radical (unpaired) electrons. The van der Waals surface area contributed by atoms with Gasteiger partial charge in [0.05, 0.1) is 18.1 Å². The Kier molecular flexibility index (Phi) is 5.47. The van der Waals surface area contributed by atoms with Crippen molar-refractivity contribution in [3.63, 3.8) is 0 Å². The minimum atomic E-state index is -0.332. The van der Waals surface area contributed by atoms with Gasteiger partial charge < -0.3 is 4.74 Å². The van der Waals surface area contributed by atoms with Crippen LogP contribution in [0.5, 0.6) is 0 Å². The standard InChI is InChI=1S/C21H25NO3/c1-3-4-13-25-21(24)18-14(2)22-16-11-8-12-17(23)20(16)19(18)15-9-6-5-7-10-15/h5-7,9-10,19-20H,3-4,8,11-13H2,1-2H3/t19-,20-/m1/s1. The summed E-state index contributed by atoms with van der Waals surface area (Å²) in [6, 6.07) is 9.82. The maximum Gasteiger partial charge on any atom is 0.336 e. The molecule has 3 rings (SSSR count). The lowest BCUT2D eigenvalue weighted by Gasteiger charge is -2.35. The van der Waals surface area contributed by atoms with Crippen molar-refractivity contribution in [2.75, 3.05) is 6.61 Å². The largest absolute Gasteiger partial charge is 0.462 e. The minimum absolute atomic E-state index is 0.185.